The van der Waals surface area contributed by atoms with E-state index in [-0.39, 0.29) is 12.0 Å². The van der Waals surface area contributed by atoms with Crippen molar-refractivity contribution in [3.8, 4) is 5.75 Å². The number of amides is 2. The number of piperazine rings is 1. The zero-order chi connectivity index (χ0) is 23.8. The first kappa shape index (κ1) is 23.4. The summed E-state index contributed by atoms with van der Waals surface area (Å²) in [4.78, 5) is 33.4. The monoisotopic (exact) mass is 458 g/mol. The van der Waals surface area contributed by atoms with E-state index in [0.717, 1.165) is 38.2 Å². The lowest BCUT2D eigenvalue weighted by molar-refractivity contribution is 0.102. The molecule has 0 saturated carbocycles. The average molecular weight is 459 g/mol. The van der Waals surface area contributed by atoms with Crippen molar-refractivity contribution in [1.29, 1.82) is 0 Å². The molecule has 1 aliphatic rings. The van der Waals surface area contributed by atoms with E-state index in [1.807, 2.05) is 31.3 Å². The molecule has 0 spiro atoms. The minimum absolute atomic E-state index is 0.182. The molecule has 0 radical (unpaired) electrons. The van der Waals surface area contributed by atoms with Crippen LogP contribution in [0.3, 0.4) is 0 Å². The van der Waals surface area contributed by atoms with Crippen molar-refractivity contribution >= 4 is 17.7 Å². The lowest BCUT2D eigenvalue weighted by atomic mass is 10.2. The quantitative estimate of drug-likeness (QED) is 0.568. The van der Waals surface area contributed by atoms with Gasteiger partial charge in [0.15, 0.2) is 0 Å². The van der Waals surface area contributed by atoms with Crippen LogP contribution in [0.25, 0.3) is 0 Å². The van der Waals surface area contributed by atoms with Gasteiger partial charge in [0.1, 0.15) is 5.75 Å². The van der Waals surface area contributed by atoms with Crippen molar-refractivity contribution in [2.75, 3.05) is 38.0 Å². The van der Waals surface area contributed by atoms with Crippen LogP contribution in [0.5, 0.6) is 5.75 Å². The van der Waals surface area contributed by atoms with E-state index in [1.54, 1.807) is 41.3 Å². The van der Waals surface area contributed by atoms with Crippen LogP contribution in [0, 0.1) is 6.92 Å². The first-order valence-electron chi connectivity index (χ1n) is 11.6. The van der Waals surface area contributed by atoms with Crippen LogP contribution in [0.15, 0.2) is 72.9 Å². The third kappa shape index (κ3) is 6.65. The van der Waals surface area contributed by atoms with Crippen LogP contribution in [0.4, 0.5) is 10.5 Å². The van der Waals surface area contributed by atoms with Crippen molar-refractivity contribution in [2.45, 2.75) is 19.8 Å². The smallest absolute Gasteiger partial charge is 0.410 e. The lowest BCUT2D eigenvalue weighted by Crippen LogP contribution is -2.49. The molecule has 3 aromatic rings. The van der Waals surface area contributed by atoms with E-state index in [0.29, 0.717) is 30.1 Å². The van der Waals surface area contributed by atoms with Gasteiger partial charge in [-0.1, -0.05) is 24.3 Å². The van der Waals surface area contributed by atoms with Gasteiger partial charge in [-0.3, -0.25) is 14.7 Å². The number of nitrogens with one attached hydrogen (secondary N) is 1. The Balaban J connectivity index is 1.18. The number of nitrogens with zero attached hydrogens (tertiary/aromatic N) is 3. The van der Waals surface area contributed by atoms with E-state index in [1.165, 1.54) is 5.56 Å². The van der Waals surface area contributed by atoms with Crippen molar-refractivity contribution in [3.63, 3.8) is 0 Å². The molecule has 1 aliphatic heterocycles. The molecular weight excluding hydrogens is 428 g/mol. The normalized spacial score (nSPS) is 14.0. The zero-order valence-corrected chi connectivity index (χ0v) is 19.4. The van der Waals surface area contributed by atoms with Crippen molar-refractivity contribution in [1.82, 2.24) is 14.8 Å². The van der Waals surface area contributed by atoms with Gasteiger partial charge in [-0.25, -0.2) is 4.79 Å². The molecule has 0 aliphatic carbocycles. The topological polar surface area (TPSA) is 74.8 Å². The number of anilines is 1. The highest BCUT2D eigenvalue weighted by molar-refractivity contribution is 6.04. The molecule has 0 atom stereocenters. The van der Waals surface area contributed by atoms with Crippen LogP contribution in [-0.4, -0.2) is 59.5 Å². The second-order valence-electron chi connectivity index (χ2n) is 8.47. The zero-order valence-electron chi connectivity index (χ0n) is 19.4. The summed E-state index contributed by atoms with van der Waals surface area (Å²) in [6.45, 7) is 6.00. The Morgan fingerprint density at radius 3 is 2.35 bits per heavy atom. The molecule has 1 aromatic heterocycles. The molecule has 0 bridgehead atoms. The van der Waals surface area contributed by atoms with E-state index >= 15 is 0 Å². The molecule has 1 N–H and O–H groups in total. The van der Waals surface area contributed by atoms with Crippen LogP contribution in [-0.2, 0) is 6.42 Å². The first-order chi connectivity index (χ1) is 16.6. The fourth-order valence-electron chi connectivity index (χ4n) is 3.85. The molecule has 0 unspecified atom stereocenters. The number of carbonyl (C=O) groups is 2. The van der Waals surface area contributed by atoms with Crippen molar-refractivity contribution in [2.24, 2.45) is 0 Å². The molecule has 2 amide bonds. The number of aromatic nitrogens is 1. The number of hydrogen-bond donors (Lipinski definition) is 1. The predicted molar refractivity (Wildman–Crippen MR) is 132 cm³/mol. The highest BCUT2D eigenvalue weighted by Crippen LogP contribution is 2.18. The molecular formula is C27H30N4O3. The summed E-state index contributed by atoms with van der Waals surface area (Å²) in [5.41, 5.74) is 3.53. The summed E-state index contributed by atoms with van der Waals surface area (Å²) < 4.78 is 5.53. The number of ether oxygens (including phenoxy) is 1. The average Bonchev–Trinajstić information content (AvgIpc) is 2.87. The predicted octanol–water partition coefficient (Wildman–Crippen LogP) is 4.39. The lowest BCUT2D eigenvalue weighted by Gasteiger charge is -2.34. The van der Waals surface area contributed by atoms with Gasteiger partial charge in [0.2, 0.25) is 0 Å². The fraction of sp³-hybridized carbons (Fsp3) is 0.296. The number of aryl methyl sites for hydroxylation is 2. The molecule has 2 heterocycles. The minimum Gasteiger partial charge on any atom is -0.410 e. The van der Waals surface area contributed by atoms with Gasteiger partial charge in [0, 0.05) is 49.3 Å². The number of pyridine rings is 1. The van der Waals surface area contributed by atoms with Gasteiger partial charge >= 0.3 is 6.09 Å². The number of benzene rings is 2. The van der Waals surface area contributed by atoms with Gasteiger partial charge in [0.25, 0.3) is 5.91 Å². The van der Waals surface area contributed by atoms with E-state index in [4.69, 9.17) is 4.74 Å². The second-order valence-corrected chi connectivity index (χ2v) is 8.47. The Morgan fingerprint density at radius 1 is 0.941 bits per heavy atom. The van der Waals surface area contributed by atoms with Crippen molar-refractivity contribution < 1.29 is 14.3 Å². The second kappa shape index (κ2) is 11.4. The van der Waals surface area contributed by atoms with Crippen molar-refractivity contribution in [3.05, 3.63) is 89.7 Å². The standard InChI is InChI=1S/C27H30N4O3/c1-21-9-10-23(28-20-21)8-5-15-30-16-18-31(19-17-30)27(33)34-25-13-11-24(12-14-25)29-26(32)22-6-3-2-4-7-22/h2-4,6-7,9-14,20H,5,8,15-19H2,1H3,(H,29,32). The van der Waals surface area contributed by atoms with E-state index < -0.39 is 0 Å². The molecule has 7 nitrogen and oxygen atoms in total. The Labute approximate surface area is 200 Å². The number of hydrogen-bond acceptors (Lipinski definition) is 5. The molecule has 4 rings (SSSR count). The third-order valence-electron chi connectivity index (χ3n) is 5.86. The van der Waals surface area contributed by atoms with Gasteiger partial charge < -0.3 is 15.0 Å². The minimum atomic E-state index is -0.343. The maximum absolute atomic E-state index is 12.6. The fourth-order valence-corrected chi connectivity index (χ4v) is 3.85. The maximum Gasteiger partial charge on any atom is 0.415 e. The molecule has 1 saturated heterocycles. The van der Waals surface area contributed by atoms with Gasteiger partial charge in [-0.05, 0) is 74.3 Å². The van der Waals surface area contributed by atoms with Gasteiger partial charge in [-0.2, -0.15) is 0 Å². The first-order valence-corrected chi connectivity index (χ1v) is 11.6. The van der Waals surface area contributed by atoms with Crippen LogP contribution in [0.1, 0.15) is 28.0 Å². The molecule has 176 valence electrons. The largest absolute Gasteiger partial charge is 0.415 e. The Morgan fingerprint density at radius 2 is 1.68 bits per heavy atom. The van der Waals surface area contributed by atoms with Crippen LogP contribution < -0.4 is 10.1 Å². The molecule has 2 aromatic carbocycles. The number of carbonyl (C=O) groups excluding carboxylic acids is 2. The summed E-state index contributed by atoms with van der Waals surface area (Å²) in [5, 5.41) is 2.84. The molecule has 1 fully saturated rings. The summed E-state index contributed by atoms with van der Waals surface area (Å²) in [6.07, 6.45) is 3.58. The van der Waals surface area contributed by atoms with Crippen LogP contribution in [0.2, 0.25) is 0 Å². The number of rotatable bonds is 7. The molecule has 7 heteroatoms. The molecule has 34 heavy (non-hydrogen) atoms. The Bertz CT molecular complexity index is 1080. The maximum atomic E-state index is 12.6. The van der Waals surface area contributed by atoms with E-state index in [9.17, 15) is 9.59 Å². The van der Waals surface area contributed by atoms with Crippen LogP contribution >= 0.6 is 0 Å². The Hall–Kier alpha value is -3.71. The third-order valence-corrected chi connectivity index (χ3v) is 5.86. The highest BCUT2D eigenvalue weighted by atomic mass is 16.6. The highest BCUT2D eigenvalue weighted by Gasteiger charge is 2.22. The summed E-state index contributed by atoms with van der Waals surface area (Å²) in [7, 11) is 0. The SMILES string of the molecule is Cc1ccc(CCCN2CCN(C(=O)Oc3ccc(NC(=O)c4ccccc4)cc3)CC2)nc1. The van der Waals surface area contributed by atoms with E-state index in [2.05, 4.69) is 27.3 Å². The summed E-state index contributed by atoms with van der Waals surface area (Å²) in [6, 6.07) is 20.0. The summed E-state index contributed by atoms with van der Waals surface area (Å²) >= 11 is 0. The Kier molecular flexibility index (Phi) is 7.88. The van der Waals surface area contributed by atoms with Gasteiger partial charge in [0.05, 0.1) is 0 Å². The summed E-state index contributed by atoms with van der Waals surface area (Å²) in [5.74, 6) is 0.272. The van der Waals surface area contributed by atoms with Gasteiger partial charge in [-0.15, -0.1) is 0 Å².